The van der Waals surface area contributed by atoms with Gasteiger partial charge in [-0.15, -0.1) is 0 Å². The number of hydrogen-bond acceptors (Lipinski definition) is 2. The van der Waals surface area contributed by atoms with Crippen molar-refractivity contribution >= 4 is 15.9 Å². The molecule has 1 aromatic rings. The lowest BCUT2D eigenvalue weighted by Crippen LogP contribution is -2.16. The Morgan fingerprint density at radius 3 is 2.85 bits per heavy atom. The Bertz CT molecular complexity index is 270. The van der Waals surface area contributed by atoms with Gasteiger partial charge in [-0.2, -0.15) is 5.10 Å². The van der Waals surface area contributed by atoms with Gasteiger partial charge in [0, 0.05) is 12.6 Å². The number of nitrogens with two attached hydrogens (primary N) is 1. The maximum atomic E-state index is 5.98. The van der Waals surface area contributed by atoms with E-state index in [1.807, 2.05) is 10.9 Å². The third-order valence-corrected chi connectivity index (χ3v) is 2.67. The summed E-state index contributed by atoms with van der Waals surface area (Å²) < 4.78 is 3.01. The molecule has 13 heavy (non-hydrogen) atoms. The lowest BCUT2D eigenvalue weighted by atomic mass is 10.2. The molecular weight excluding hydrogens is 230 g/mol. The quantitative estimate of drug-likeness (QED) is 0.886. The van der Waals surface area contributed by atoms with E-state index in [-0.39, 0.29) is 6.04 Å². The van der Waals surface area contributed by atoms with Gasteiger partial charge in [0.2, 0.25) is 0 Å². The molecule has 1 atom stereocenters. The molecule has 0 saturated heterocycles. The molecule has 0 saturated carbocycles. The second-order valence-corrected chi connectivity index (χ2v) is 3.97. The first-order chi connectivity index (χ1) is 6.20. The lowest BCUT2D eigenvalue weighted by molar-refractivity contribution is 0.531. The third kappa shape index (κ3) is 2.31. The fraction of sp³-hybridized carbons (Fsp3) is 0.667. The largest absolute Gasteiger partial charge is 0.323 e. The Morgan fingerprint density at radius 1 is 1.62 bits per heavy atom. The van der Waals surface area contributed by atoms with Crippen LogP contribution in [0.2, 0.25) is 0 Å². The highest BCUT2D eigenvalue weighted by Crippen LogP contribution is 2.23. The molecule has 0 radical (unpaired) electrons. The highest BCUT2D eigenvalue weighted by atomic mass is 79.9. The van der Waals surface area contributed by atoms with Gasteiger partial charge in [-0.1, -0.05) is 13.8 Å². The van der Waals surface area contributed by atoms with Crippen LogP contribution in [-0.2, 0) is 6.54 Å². The van der Waals surface area contributed by atoms with Gasteiger partial charge in [0.15, 0.2) is 0 Å². The van der Waals surface area contributed by atoms with E-state index in [0.29, 0.717) is 0 Å². The number of hydrogen-bond donors (Lipinski definition) is 1. The Hall–Kier alpha value is -0.350. The van der Waals surface area contributed by atoms with Gasteiger partial charge in [-0.3, -0.25) is 4.68 Å². The summed E-state index contributed by atoms with van der Waals surface area (Å²) in [6.07, 6.45) is 3.84. The van der Waals surface area contributed by atoms with Gasteiger partial charge in [-0.25, -0.2) is 0 Å². The summed E-state index contributed by atoms with van der Waals surface area (Å²) in [5.74, 6) is 0. The fourth-order valence-electron chi connectivity index (χ4n) is 1.32. The number of halogens is 1. The minimum atomic E-state index is 0.0865. The summed E-state index contributed by atoms with van der Waals surface area (Å²) in [6, 6.07) is 0.0865. The standard InChI is InChI=1S/C9H16BrN3/c1-3-5-13-9(8(11)4-2)7(10)6-12-13/h6,8H,3-5,11H2,1-2H3. The molecule has 1 aromatic heterocycles. The predicted octanol–water partition coefficient (Wildman–Crippen LogP) is 2.47. The first-order valence-electron chi connectivity index (χ1n) is 4.67. The van der Waals surface area contributed by atoms with E-state index in [0.717, 1.165) is 29.6 Å². The van der Waals surface area contributed by atoms with Crippen molar-refractivity contribution in [2.24, 2.45) is 5.73 Å². The smallest absolute Gasteiger partial charge is 0.0693 e. The van der Waals surface area contributed by atoms with Crippen LogP contribution in [0, 0.1) is 0 Å². The normalized spacial score (nSPS) is 13.2. The van der Waals surface area contributed by atoms with Crippen molar-refractivity contribution in [1.29, 1.82) is 0 Å². The summed E-state index contributed by atoms with van der Waals surface area (Å²) in [5, 5.41) is 4.26. The minimum Gasteiger partial charge on any atom is -0.323 e. The highest BCUT2D eigenvalue weighted by molar-refractivity contribution is 9.10. The van der Waals surface area contributed by atoms with E-state index in [2.05, 4.69) is 34.9 Å². The fourth-order valence-corrected chi connectivity index (χ4v) is 1.91. The van der Waals surface area contributed by atoms with Gasteiger partial charge in [0.1, 0.15) is 0 Å². The Morgan fingerprint density at radius 2 is 2.31 bits per heavy atom. The number of rotatable bonds is 4. The summed E-state index contributed by atoms with van der Waals surface area (Å²) >= 11 is 3.47. The van der Waals surface area contributed by atoms with Crippen LogP contribution in [0.25, 0.3) is 0 Å². The molecule has 0 aliphatic heterocycles. The van der Waals surface area contributed by atoms with Crippen LogP contribution in [0.3, 0.4) is 0 Å². The summed E-state index contributed by atoms with van der Waals surface area (Å²) in [4.78, 5) is 0. The summed E-state index contributed by atoms with van der Waals surface area (Å²) in [5.41, 5.74) is 7.09. The average Bonchev–Trinajstić information content (AvgIpc) is 2.47. The highest BCUT2D eigenvalue weighted by Gasteiger charge is 2.13. The predicted molar refractivity (Wildman–Crippen MR) is 57.4 cm³/mol. The van der Waals surface area contributed by atoms with Crippen molar-refractivity contribution < 1.29 is 0 Å². The number of nitrogens with zero attached hydrogens (tertiary/aromatic N) is 2. The second kappa shape index (κ2) is 4.77. The van der Waals surface area contributed by atoms with Gasteiger partial charge in [0.25, 0.3) is 0 Å². The molecule has 0 aliphatic rings. The van der Waals surface area contributed by atoms with Crippen LogP contribution < -0.4 is 5.73 Å². The molecule has 0 spiro atoms. The first-order valence-corrected chi connectivity index (χ1v) is 5.46. The second-order valence-electron chi connectivity index (χ2n) is 3.12. The molecule has 0 bridgehead atoms. The minimum absolute atomic E-state index is 0.0865. The van der Waals surface area contributed by atoms with Crippen molar-refractivity contribution in [2.75, 3.05) is 0 Å². The maximum Gasteiger partial charge on any atom is 0.0693 e. The van der Waals surface area contributed by atoms with Crippen LogP contribution in [0.4, 0.5) is 0 Å². The molecule has 1 rings (SSSR count). The van der Waals surface area contributed by atoms with Crippen molar-refractivity contribution in [2.45, 2.75) is 39.3 Å². The van der Waals surface area contributed by atoms with Gasteiger partial charge < -0.3 is 5.73 Å². The lowest BCUT2D eigenvalue weighted by Gasteiger charge is -2.12. The molecule has 0 aliphatic carbocycles. The van der Waals surface area contributed by atoms with Crippen LogP contribution in [0.15, 0.2) is 10.7 Å². The van der Waals surface area contributed by atoms with E-state index in [9.17, 15) is 0 Å². The van der Waals surface area contributed by atoms with E-state index in [1.165, 1.54) is 0 Å². The Balaban J connectivity index is 2.93. The van der Waals surface area contributed by atoms with E-state index in [4.69, 9.17) is 5.73 Å². The zero-order chi connectivity index (χ0) is 9.84. The summed E-state index contributed by atoms with van der Waals surface area (Å²) in [7, 11) is 0. The molecule has 74 valence electrons. The maximum absolute atomic E-state index is 5.98. The van der Waals surface area contributed by atoms with Crippen LogP contribution >= 0.6 is 15.9 Å². The molecule has 1 heterocycles. The zero-order valence-corrected chi connectivity index (χ0v) is 9.71. The van der Waals surface area contributed by atoms with Gasteiger partial charge in [-0.05, 0) is 28.8 Å². The number of aromatic nitrogens is 2. The van der Waals surface area contributed by atoms with Crippen LogP contribution in [-0.4, -0.2) is 9.78 Å². The molecule has 4 heteroatoms. The van der Waals surface area contributed by atoms with E-state index >= 15 is 0 Å². The molecule has 0 aromatic carbocycles. The SMILES string of the molecule is CCCn1ncc(Br)c1C(N)CC. The Labute approximate surface area is 87.4 Å². The average molecular weight is 246 g/mol. The van der Waals surface area contributed by atoms with Crippen molar-refractivity contribution in [1.82, 2.24) is 9.78 Å². The third-order valence-electron chi connectivity index (χ3n) is 2.06. The number of aryl methyl sites for hydroxylation is 1. The van der Waals surface area contributed by atoms with Crippen LogP contribution in [0.5, 0.6) is 0 Å². The topological polar surface area (TPSA) is 43.8 Å². The van der Waals surface area contributed by atoms with E-state index < -0.39 is 0 Å². The molecular formula is C9H16BrN3. The Kier molecular flexibility index (Phi) is 3.93. The van der Waals surface area contributed by atoms with Gasteiger partial charge >= 0.3 is 0 Å². The summed E-state index contributed by atoms with van der Waals surface area (Å²) in [6.45, 7) is 5.16. The first kappa shape index (κ1) is 10.7. The van der Waals surface area contributed by atoms with Gasteiger partial charge in [0.05, 0.1) is 16.4 Å². The molecule has 1 unspecified atom stereocenters. The molecule has 3 nitrogen and oxygen atoms in total. The van der Waals surface area contributed by atoms with Crippen molar-refractivity contribution in [3.05, 3.63) is 16.4 Å². The van der Waals surface area contributed by atoms with Crippen LogP contribution in [0.1, 0.15) is 38.4 Å². The monoisotopic (exact) mass is 245 g/mol. The molecule has 0 fully saturated rings. The van der Waals surface area contributed by atoms with E-state index in [1.54, 1.807) is 0 Å². The molecule has 0 amide bonds. The van der Waals surface area contributed by atoms with Crippen molar-refractivity contribution in [3.8, 4) is 0 Å². The van der Waals surface area contributed by atoms with Crippen molar-refractivity contribution in [3.63, 3.8) is 0 Å². The molecule has 2 N–H and O–H groups in total. The zero-order valence-electron chi connectivity index (χ0n) is 8.13.